The van der Waals surface area contributed by atoms with Gasteiger partial charge in [0.25, 0.3) is 0 Å². The zero-order valence-corrected chi connectivity index (χ0v) is 14.8. The van der Waals surface area contributed by atoms with Gasteiger partial charge in [-0.15, -0.1) is 12.4 Å². The van der Waals surface area contributed by atoms with E-state index in [2.05, 4.69) is 18.7 Å². The van der Waals surface area contributed by atoms with Gasteiger partial charge in [-0.1, -0.05) is 13.8 Å². The molecule has 0 heterocycles. The van der Waals surface area contributed by atoms with Gasteiger partial charge in [-0.3, -0.25) is 0 Å². The predicted molar refractivity (Wildman–Crippen MR) is 90.4 cm³/mol. The summed E-state index contributed by atoms with van der Waals surface area (Å²) in [6.45, 7) is 7.31. The van der Waals surface area contributed by atoms with Crippen LogP contribution >= 0.6 is 20.2 Å². The molecule has 23 heavy (non-hydrogen) atoms. The molecule has 134 valence electrons. The Morgan fingerprint density at radius 2 is 1.61 bits per heavy atom. The van der Waals surface area contributed by atoms with Crippen molar-refractivity contribution in [2.24, 2.45) is 0 Å². The molecule has 1 aromatic carbocycles. The van der Waals surface area contributed by atoms with E-state index < -0.39 is 7.82 Å². The van der Waals surface area contributed by atoms with Gasteiger partial charge < -0.3 is 30.1 Å². The van der Waals surface area contributed by atoms with Gasteiger partial charge in [0.15, 0.2) is 0 Å². The molecule has 0 unspecified atom stereocenters. The third-order valence-electron chi connectivity index (χ3n) is 2.68. The third-order valence-corrected chi connectivity index (χ3v) is 2.68. The van der Waals surface area contributed by atoms with Crippen molar-refractivity contribution >= 4 is 31.9 Å². The van der Waals surface area contributed by atoms with Crippen LogP contribution in [0.1, 0.15) is 24.2 Å². The molecule has 0 aromatic heterocycles. The van der Waals surface area contributed by atoms with Crippen LogP contribution in [0.15, 0.2) is 24.3 Å². The van der Waals surface area contributed by atoms with Crippen LogP contribution in [0.3, 0.4) is 0 Å². The van der Waals surface area contributed by atoms with Crippen molar-refractivity contribution in [1.82, 2.24) is 4.90 Å². The molecule has 0 atom stereocenters. The summed E-state index contributed by atoms with van der Waals surface area (Å²) in [5.74, 6) is -0.294. The molecule has 5 N–H and O–H groups in total. The van der Waals surface area contributed by atoms with Crippen LogP contribution in [0.4, 0.5) is 5.69 Å². The van der Waals surface area contributed by atoms with E-state index in [1.54, 1.807) is 24.3 Å². The second kappa shape index (κ2) is 12.3. The molecule has 0 saturated carbocycles. The number of nitrogens with zero attached hydrogens (tertiary/aromatic N) is 1. The summed E-state index contributed by atoms with van der Waals surface area (Å²) in [7, 11) is -4.64. The Hall–Kier alpha value is -1.15. The van der Waals surface area contributed by atoms with Crippen LogP contribution in [-0.4, -0.2) is 51.8 Å². The zero-order chi connectivity index (χ0) is 17.2. The number of benzene rings is 1. The first-order valence-corrected chi connectivity index (χ1v) is 8.27. The molecule has 0 spiro atoms. The Morgan fingerprint density at radius 1 is 1.17 bits per heavy atom. The van der Waals surface area contributed by atoms with Gasteiger partial charge in [-0.05, 0) is 37.4 Å². The van der Waals surface area contributed by atoms with Crippen LogP contribution in [-0.2, 0) is 9.30 Å². The molecular weight excluding hydrogens is 347 g/mol. The van der Waals surface area contributed by atoms with Crippen molar-refractivity contribution in [3.63, 3.8) is 0 Å². The van der Waals surface area contributed by atoms with Gasteiger partial charge in [0.1, 0.15) is 6.61 Å². The number of carbonyl (C=O) groups is 1. The van der Waals surface area contributed by atoms with Crippen LogP contribution in [0.2, 0.25) is 0 Å². The van der Waals surface area contributed by atoms with Crippen molar-refractivity contribution in [1.29, 1.82) is 0 Å². The molecular formula is C13H24ClN2O6P. The van der Waals surface area contributed by atoms with Gasteiger partial charge in [0, 0.05) is 12.2 Å². The van der Waals surface area contributed by atoms with E-state index in [1.165, 1.54) is 0 Å². The number of anilines is 1. The lowest BCUT2D eigenvalue weighted by atomic mass is 10.2. The molecule has 8 nitrogen and oxygen atoms in total. The van der Waals surface area contributed by atoms with E-state index in [9.17, 15) is 4.79 Å². The molecule has 1 rings (SSSR count). The Bertz CT molecular complexity index is 481. The lowest BCUT2D eigenvalue weighted by molar-refractivity contribution is 0.0466. The van der Waals surface area contributed by atoms with Crippen molar-refractivity contribution < 1.29 is 28.8 Å². The predicted octanol–water partition coefficient (Wildman–Crippen LogP) is 1.26. The second-order valence-electron chi connectivity index (χ2n) is 4.30. The normalized spacial score (nSPS) is 10.3. The Morgan fingerprint density at radius 3 is 2.00 bits per heavy atom. The Kier molecular flexibility index (Phi) is 12.9. The molecule has 0 amide bonds. The van der Waals surface area contributed by atoms with E-state index in [1.807, 2.05) is 0 Å². The molecule has 0 aliphatic carbocycles. The SMILES string of the molecule is CCN(CC)CCOC(=O)c1ccc(N)cc1.Cl.O=P(O)(O)O. The van der Waals surface area contributed by atoms with E-state index >= 15 is 0 Å². The van der Waals surface area contributed by atoms with Crippen molar-refractivity contribution in [2.75, 3.05) is 32.0 Å². The summed E-state index contributed by atoms with van der Waals surface area (Å²) in [6, 6.07) is 6.74. The van der Waals surface area contributed by atoms with Crippen molar-refractivity contribution in [3.05, 3.63) is 29.8 Å². The monoisotopic (exact) mass is 370 g/mol. The smallest absolute Gasteiger partial charge is 0.461 e. The largest absolute Gasteiger partial charge is 0.466 e. The quantitative estimate of drug-likeness (QED) is 0.334. The number of nitrogens with two attached hydrogens (primary N) is 1. The summed E-state index contributed by atoms with van der Waals surface area (Å²) in [5.41, 5.74) is 6.73. The maximum Gasteiger partial charge on any atom is 0.466 e. The average molecular weight is 371 g/mol. The molecule has 10 heteroatoms. The highest BCUT2D eigenvalue weighted by molar-refractivity contribution is 7.45. The standard InChI is InChI=1S/C13H20N2O2.ClH.H3O4P/c1-3-15(4-2)9-10-17-13(16)11-5-7-12(14)8-6-11;;1-5(2,3)4/h5-8H,3-4,9-10,14H2,1-2H3;1H;(H3,1,2,3,4). The Balaban J connectivity index is 0. The van der Waals surface area contributed by atoms with Gasteiger partial charge in [0.05, 0.1) is 5.56 Å². The summed E-state index contributed by atoms with van der Waals surface area (Å²) in [4.78, 5) is 35.4. The van der Waals surface area contributed by atoms with Crippen LogP contribution in [0.5, 0.6) is 0 Å². The van der Waals surface area contributed by atoms with E-state index in [-0.39, 0.29) is 18.4 Å². The number of likely N-dealkylation sites (N-methyl/N-ethyl adjacent to an activating group) is 1. The second-order valence-corrected chi connectivity index (χ2v) is 5.32. The number of phosphoric acid groups is 1. The Labute approximate surface area is 141 Å². The topological polar surface area (TPSA) is 133 Å². The van der Waals surface area contributed by atoms with E-state index in [0.29, 0.717) is 17.9 Å². The summed E-state index contributed by atoms with van der Waals surface area (Å²) in [5, 5.41) is 0. The molecule has 0 aliphatic heterocycles. The molecule has 0 fully saturated rings. The highest BCUT2D eigenvalue weighted by Crippen LogP contribution is 2.25. The maximum atomic E-state index is 11.6. The van der Waals surface area contributed by atoms with Gasteiger partial charge in [0.2, 0.25) is 0 Å². The fraction of sp³-hybridized carbons (Fsp3) is 0.462. The minimum atomic E-state index is -4.64. The maximum absolute atomic E-state index is 11.6. The number of esters is 1. The van der Waals surface area contributed by atoms with Crippen molar-refractivity contribution in [3.8, 4) is 0 Å². The first-order valence-electron chi connectivity index (χ1n) is 6.70. The molecule has 0 radical (unpaired) electrons. The molecule has 0 saturated heterocycles. The summed E-state index contributed by atoms with van der Waals surface area (Å²) < 4.78 is 14.1. The van der Waals surface area contributed by atoms with Crippen molar-refractivity contribution in [2.45, 2.75) is 13.8 Å². The van der Waals surface area contributed by atoms with E-state index in [4.69, 9.17) is 29.7 Å². The molecule has 0 aliphatic rings. The number of rotatable bonds is 6. The van der Waals surface area contributed by atoms with Gasteiger partial charge in [-0.25, -0.2) is 9.36 Å². The lowest BCUT2D eigenvalue weighted by Crippen LogP contribution is -2.27. The highest BCUT2D eigenvalue weighted by Gasteiger charge is 2.07. The summed E-state index contributed by atoms with van der Waals surface area (Å²) in [6.07, 6.45) is 0. The number of nitrogen functional groups attached to an aromatic ring is 1. The van der Waals surface area contributed by atoms with Crippen LogP contribution < -0.4 is 5.73 Å². The minimum Gasteiger partial charge on any atom is -0.461 e. The third kappa shape index (κ3) is 14.2. The summed E-state index contributed by atoms with van der Waals surface area (Å²) >= 11 is 0. The first-order chi connectivity index (χ1) is 10.2. The molecule has 0 bridgehead atoms. The number of carbonyl (C=O) groups excluding carboxylic acids is 1. The number of ether oxygens (including phenoxy) is 1. The average Bonchev–Trinajstić information content (AvgIpc) is 2.42. The fourth-order valence-corrected chi connectivity index (χ4v) is 1.51. The van der Waals surface area contributed by atoms with Crippen LogP contribution in [0.25, 0.3) is 0 Å². The van der Waals surface area contributed by atoms with E-state index in [0.717, 1.165) is 19.6 Å². The zero-order valence-electron chi connectivity index (χ0n) is 13.1. The van der Waals surface area contributed by atoms with Crippen LogP contribution in [0, 0.1) is 0 Å². The lowest BCUT2D eigenvalue weighted by Gasteiger charge is -2.17. The highest BCUT2D eigenvalue weighted by atomic mass is 35.5. The molecule has 1 aromatic rings. The van der Waals surface area contributed by atoms with Gasteiger partial charge in [-0.2, -0.15) is 0 Å². The van der Waals surface area contributed by atoms with Gasteiger partial charge >= 0.3 is 13.8 Å². The first kappa shape index (κ1) is 24.1. The fourth-order valence-electron chi connectivity index (χ4n) is 1.51. The number of halogens is 1. The minimum absolute atomic E-state index is 0. The number of hydrogen-bond donors (Lipinski definition) is 4. The number of hydrogen-bond acceptors (Lipinski definition) is 5.